The van der Waals surface area contributed by atoms with Crippen molar-refractivity contribution in [3.05, 3.63) is 77.1 Å². The second kappa shape index (κ2) is 7.59. The summed E-state index contributed by atoms with van der Waals surface area (Å²) in [5.41, 5.74) is 1.42. The minimum atomic E-state index is -0.530. The van der Waals surface area contributed by atoms with E-state index in [0.29, 0.717) is 35.3 Å². The van der Waals surface area contributed by atoms with Crippen LogP contribution >= 0.6 is 0 Å². The molecule has 5 aromatic rings. The first-order valence-electron chi connectivity index (χ1n) is 10.4. The molecule has 1 atom stereocenters. The number of para-hydroxylation sites is 3. The van der Waals surface area contributed by atoms with Crippen LogP contribution < -0.4 is 20.9 Å². The average Bonchev–Trinajstić information content (AvgIpc) is 3.34. The van der Waals surface area contributed by atoms with E-state index in [1.807, 2.05) is 24.3 Å². The number of hydrogen-bond donors (Lipinski definition) is 3. The van der Waals surface area contributed by atoms with Gasteiger partial charge in [-0.15, -0.1) is 0 Å². The second-order valence-corrected chi connectivity index (χ2v) is 7.68. The molecule has 10 heteroatoms. The van der Waals surface area contributed by atoms with E-state index in [9.17, 15) is 9.18 Å². The summed E-state index contributed by atoms with van der Waals surface area (Å²) in [7, 11) is 0. The third-order valence-electron chi connectivity index (χ3n) is 5.60. The summed E-state index contributed by atoms with van der Waals surface area (Å²) in [5, 5.41) is 14.2. The van der Waals surface area contributed by atoms with E-state index in [0.717, 1.165) is 11.4 Å². The Morgan fingerprint density at radius 3 is 2.88 bits per heavy atom. The van der Waals surface area contributed by atoms with Gasteiger partial charge in [0.2, 0.25) is 5.95 Å². The van der Waals surface area contributed by atoms with Crippen molar-refractivity contribution in [1.82, 2.24) is 24.7 Å². The number of aromatic nitrogens is 5. The van der Waals surface area contributed by atoms with Crippen molar-refractivity contribution >= 4 is 33.6 Å². The summed E-state index contributed by atoms with van der Waals surface area (Å²) in [6.45, 7) is 1.05. The molecule has 0 saturated heterocycles. The molecule has 0 aliphatic carbocycles. The number of anilines is 2. The van der Waals surface area contributed by atoms with E-state index in [2.05, 4.69) is 30.8 Å². The van der Waals surface area contributed by atoms with Gasteiger partial charge in [-0.25, -0.2) is 9.37 Å². The molecule has 164 valence electrons. The molecule has 0 bridgehead atoms. The smallest absolute Gasteiger partial charge is 0.267 e. The van der Waals surface area contributed by atoms with Crippen LogP contribution in [0.15, 0.2) is 65.7 Å². The summed E-state index contributed by atoms with van der Waals surface area (Å²) in [6, 6.07) is 13.8. The fourth-order valence-corrected chi connectivity index (χ4v) is 4.01. The van der Waals surface area contributed by atoms with Gasteiger partial charge in [-0.05, 0) is 24.3 Å². The van der Waals surface area contributed by atoms with Crippen molar-refractivity contribution in [3.8, 4) is 11.4 Å². The van der Waals surface area contributed by atoms with Crippen LogP contribution in [-0.4, -0.2) is 43.9 Å². The first-order valence-corrected chi connectivity index (χ1v) is 10.4. The van der Waals surface area contributed by atoms with Crippen molar-refractivity contribution in [1.29, 1.82) is 0 Å². The fourth-order valence-electron chi connectivity index (χ4n) is 4.01. The summed E-state index contributed by atoms with van der Waals surface area (Å²) in [6.07, 6.45) is 2.87. The van der Waals surface area contributed by atoms with Crippen molar-refractivity contribution in [2.24, 2.45) is 0 Å². The molecular weight excluding hydrogens is 425 g/mol. The zero-order valence-corrected chi connectivity index (χ0v) is 17.2. The van der Waals surface area contributed by atoms with Gasteiger partial charge in [0.1, 0.15) is 17.7 Å². The number of nitrogens with one attached hydrogen (secondary N) is 3. The van der Waals surface area contributed by atoms with Crippen LogP contribution in [0.4, 0.5) is 16.0 Å². The highest BCUT2D eigenvalue weighted by Crippen LogP contribution is 2.28. The Labute approximate surface area is 186 Å². The third kappa shape index (κ3) is 3.23. The quantitative estimate of drug-likeness (QED) is 0.392. The van der Waals surface area contributed by atoms with E-state index >= 15 is 0 Å². The van der Waals surface area contributed by atoms with Gasteiger partial charge < -0.3 is 15.4 Å². The van der Waals surface area contributed by atoms with Crippen LogP contribution in [-0.2, 0) is 0 Å². The molecular formula is C23H18FN7O2. The first-order chi connectivity index (χ1) is 16.2. The topological polar surface area (TPSA) is 110 Å². The molecule has 9 nitrogen and oxygen atoms in total. The number of nitrogens with zero attached hydrogens (tertiary/aromatic N) is 4. The van der Waals surface area contributed by atoms with E-state index in [4.69, 9.17) is 4.74 Å². The maximum atomic E-state index is 14.7. The lowest BCUT2D eigenvalue weighted by Crippen LogP contribution is -2.36. The lowest BCUT2D eigenvalue weighted by atomic mass is 10.2. The van der Waals surface area contributed by atoms with Gasteiger partial charge >= 0.3 is 0 Å². The number of halogens is 1. The van der Waals surface area contributed by atoms with Gasteiger partial charge in [-0.2, -0.15) is 10.1 Å². The summed E-state index contributed by atoms with van der Waals surface area (Å²) in [4.78, 5) is 22.2. The lowest BCUT2D eigenvalue weighted by Gasteiger charge is -2.27. The Morgan fingerprint density at radius 1 is 1.12 bits per heavy atom. The molecule has 0 fully saturated rings. The molecule has 0 saturated carbocycles. The average molecular weight is 443 g/mol. The number of hydrogen-bond acceptors (Lipinski definition) is 7. The van der Waals surface area contributed by atoms with E-state index in [1.54, 1.807) is 18.3 Å². The SMILES string of the molecule is O=c1c2cn[nH]c2c2cnc(NC[C@H]3CNc4ccccc4O3)nc2n1-c1ccccc1F. The number of fused-ring (bicyclic) bond motifs is 4. The highest BCUT2D eigenvalue weighted by Gasteiger charge is 2.20. The zero-order chi connectivity index (χ0) is 22.4. The summed E-state index contributed by atoms with van der Waals surface area (Å²) < 4.78 is 21.9. The van der Waals surface area contributed by atoms with Crippen LogP contribution in [0, 0.1) is 5.82 Å². The maximum Gasteiger partial charge on any atom is 0.267 e. The Kier molecular flexibility index (Phi) is 4.42. The van der Waals surface area contributed by atoms with Gasteiger partial charge in [-0.1, -0.05) is 24.3 Å². The standard InChI is InChI=1S/C23H18FN7O2/c24-16-5-1-3-7-18(16)31-21-14(20-15(22(31)32)12-28-30-20)11-27-23(29-21)26-10-13-9-25-17-6-2-4-8-19(17)33-13/h1-8,11-13,25H,9-10H2,(H,28,30)(H,26,27,29)/t13-/m1/s1. The molecule has 1 aliphatic rings. The predicted octanol–water partition coefficient (Wildman–Crippen LogP) is 3.08. The Hall–Kier alpha value is -4.47. The third-order valence-corrected chi connectivity index (χ3v) is 5.60. The number of rotatable bonds is 4. The molecule has 0 spiro atoms. The van der Waals surface area contributed by atoms with Crippen LogP contribution in [0.5, 0.6) is 5.75 Å². The summed E-state index contributed by atoms with van der Waals surface area (Å²) >= 11 is 0. The highest BCUT2D eigenvalue weighted by atomic mass is 19.1. The van der Waals surface area contributed by atoms with Gasteiger partial charge in [0.05, 0.1) is 47.0 Å². The van der Waals surface area contributed by atoms with Gasteiger partial charge in [0.15, 0.2) is 5.65 Å². The monoisotopic (exact) mass is 443 g/mol. The molecule has 1 aliphatic heterocycles. The predicted molar refractivity (Wildman–Crippen MR) is 123 cm³/mol. The zero-order valence-electron chi connectivity index (χ0n) is 17.2. The number of pyridine rings is 1. The van der Waals surface area contributed by atoms with Crippen LogP contribution in [0.2, 0.25) is 0 Å². The highest BCUT2D eigenvalue weighted by molar-refractivity contribution is 6.02. The van der Waals surface area contributed by atoms with Crippen molar-refractivity contribution in [2.75, 3.05) is 23.7 Å². The van der Waals surface area contributed by atoms with Crippen LogP contribution in [0.3, 0.4) is 0 Å². The van der Waals surface area contributed by atoms with Gasteiger partial charge in [0.25, 0.3) is 5.56 Å². The van der Waals surface area contributed by atoms with Crippen LogP contribution in [0.1, 0.15) is 0 Å². The molecule has 0 unspecified atom stereocenters. The number of H-pyrrole nitrogens is 1. The number of aromatic amines is 1. The Bertz CT molecular complexity index is 1560. The molecule has 33 heavy (non-hydrogen) atoms. The van der Waals surface area contributed by atoms with Crippen molar-refractivity contribution in [3.63, 3.8) is 0 Å². The van der Waals surface area contributed by atoms with E-state index < -0.39 is 11.4 Å². The minimum Gasteiger partial charge on any atom is -0.485 e. The summed E-state index contributed by atoms with van der Waals surface area (Å²) in [5.74, 6) is 0.551. The van der Waals surface area contributed by atoms with Gasteiger partial charge in [0, 0.05) is 6.20 Å². The molecule has 0 amide bonds. The minimum absolute atomic E-state index is 0.108. The molecule has 3 N–H and O–H groups in total. The number of ether oxygens (including phenoxy) is 1. The van der Waals surface area contributed by atoms with E-state index in [1.165, 1.54) is 22.9 Å². The molecule has 4 heterocycles. The molecule has 3 aromatic heterocycles. The largest absolute Gasteiger partial charge is 0.485 e. The lowest BCUT2D eigenvalue weighted by molar-refractivity contribution is 0.218. The van der Waals surface area contributed by atoms with Crippen molar-refractivity contribution in [2.45, 2.75) is 6.10 Å². The number of benzene rings is 2. The van der Waals surface area contributed by atoms with E-state index in [-0.39, 0.29) is 17.4 Å². The first kappa shape index (κ1) is 19.2. The Morgan fingerprint density at radius 2 is 1.97 bits per heavy atom. The second-order valence-electron chi connectivity index (χ2n) is 7.68. The van der Waals surface area contributed by atoms with Crippen LogP contribution in [0.25, 0.3) is 27.6 Å². The van der Waals surface area contributed by atoms with Crippen molar-refractivity contribution < 1.29 is 9.13 Å². The van der Waals surface area contributed by atoms with Gasteiger partial charge in [-0.3, -0.25) is 14.5 Å². The maximum absolute atomic E-state index is 14.7. The molecule has 2 aromatic carbocycles. The molecule has 0 radical (unpaired) electrons. The fraction of sp³-hybridized carbons (Fsp3) is 0.130. The Balaban J connectivity index is 1.39. The molecule has 6 rings (SSSR count). The normalized spacial score (nSPS) is 15.1.